The molecule has 1 N–H and O–H groups in total. The van der Waals surface area contributed by atoms with Gasteiger partial charge in [0.05, 0.1) is 18.1 Å². The van der Waals surface area contributed by atoms with Crippen molar-refractivity contribution in [2.75, 3.05) is 26.3 Å². The van der Waals surface area contributed by atoms with Gasteiger partial charge in [0.15, 0.2) is 0 Å². The number of hydrogen-bond acceptors (Lipinski definition) is 4. The molecule has 5 nitrogen and oxygen atoms in total. The van der Waals surface area contributed by atoms with Crippen molar-refractivity contribution in [2.45, 2.75) is 38.1 Å². The van der Waals surface area contributed by atoms with E-state index in [1.54, 1.807) is 11.3 Å². The smallest absolute Gasteiger partial charge is 0.264 e. The van der Waals surface area contributed by atoms with Gasteiger partial charge in [-0.05, 0) is 43.7 Å². The summed E-state index contributed by atoms with van der Waals surface area (Å²) in [5.74, 6) is 0.390. The minimum atomic E-state index is 0.0732. The Kier molecular flexibility index (Phi) is 4.11. The van der Waals surface area contributed by atoms with Crippen molar-refractivity contribution in [1.29, 1.82) is 0 Å². The van der Waals surface area contributed by atoms with Crippen LogP contribution in [0.5, 0.6) is 0 Å². The molecule has 1 aromatic heterocycles. The van der Waals surface area contributed by atoms with E-state index in [9.17, 15) is 9.59 Å². The molecule has 3 aliphatic rings. The van der Waals surface area contributed by atoms with E-state index in [4.69, 9.17) is 4.74 Å². The van der Waals surface area contributed by atoms with Crippen molar-refractivity contribution in [3.05, 3.63) is 21.4 Å². The van der Waals surface area contributed by atoms with E-state index in [1.165, 1.54) is 10.4 Å². The number of rotatable bonds is 3. The Morgan fingerprint density at radius 3 is 2.74 bits per heavy atom. The third-order valence-electron chi connectivity index (χ3n) is 4.89. The van der Waals surface area contributed by atoms with Gasteiger partial charge < -0.3 is 15.0 Å². The molecule has 0 bridgehead atoms. The van der Waals surface area contributed by atoms with E-state index < -0.39 is 0 Å². The number of carbonyl (C=O) groups is 2. The molecular formula is C17H22N2O3S. The summed E-state index contributed by atoms with van der Waals surface area (Å²) in [5.41, 5.74) is 1.20. The molecule has 1 aliphatic heterocycles. The summed E-state index contributed by atoms with van der Waals surface area (Å²) in [6.45, 7) is 2.60. The van der Waals surface area contributed by atoms with Crippen LogP contribution < -0.4 is 5.32 Å². The fourth-order valence-electron chi connectivity index (χ4n) is 3.32. The van der Waals surface area contributed by atoms with Gasteiger partial charge in [-0.1, -0.05) is 0 Å². The van der Waals surface area contributed by atoms with Crippen LogP contribution in [-0.2, 0) is 22.4 Å². The summed E-state index contributed by atoms with van der Waals surface area (Å²) < 4.78 is 5.31. The van der Waals surface area contributed by atoms with Crippen molar-refractivity contribution in [3.8, 4) is 0 Å². The molecule has 0 spiro atoms. The average Bonchev–Trinajstić information content (AvgIpc) is 3.29. The Balaban J connectivity index is 1.44. The molecule has 1 aromatic rings. The minimum absolute atomic E-state index is 0.0732. The van der Waals surface area contributed by atoms with E-state index >= 15 is 0 Å². The van der Waals surface area contributed by atoms with Crippen molar-refractivity contribution >= 4 is 23.2 Å². The number of ether oxygens (including phenoxy) is 1. The molecular weight excluding hydrogens is 312 g/mol. The maximum Gasteiger partial charge on any atom is 0.264 e. The van der Waals surface area contributed by atoms with Gasteiger partial charge in [-0.2, -0.15) is 0 Å². The first-order chi connectivity index (χ1) is 11.2. The number of carbonyl (C=O) groups excluding carboxylic acids is 2. The van der Waals surface area contributed by atoms with Gasteiger partial charge in [0.1, 0.15) is 0 Å². The molecule has 2 heterocycles. The second-order valence-corrected chi connectivity index (χ2v) is 7.82. The molecule has 2 amide bonds. The first-order valence-electron chi connectivity index (χ1n) is 8.49. The van der Waals surface area contributed by atoms with Crippen LogP contribution in [0.3, 0.4) is 0 Å². The first kappa shape index (κ1) is 15.1. The van der Waals surface area contributed by atoms with E-state index in [0.29, 0.717) is 32.3 Å². The fourth-order valence-corrected chi connectivity index (χ4v) is 4.50. The zero-order chi connectivity index (χ0) is 15.8. The lowest BCUT2D eigenvalue weighted by Crippen LogP contribution is -2.40. The highest BCUT2D eigenvalue weighted by molar-refractivity contribution is 7.14. The number of morpholine rings is 1. The van der Waals surface area contributed by atoms with Crippen LogP contribution in [0.1, 0.15) is 39.4 Å². The van der Waals surface area contributed by atoms with Crippen molar-refractivity contribution < 1.29 is 14.3 Å². The Labute approximate surface area is 140 Å². The highest BCUT2D eigenvalue weighted by atomic mass is 32.1. The zero-order valence-electron chi connectivity index (χ0n) is 13.2. The molecule has 2 fully saturated rings. The molecule has 2 aliphatic carbocycles. The number of nitrogens with zero attached hydrogens (tertiary/aromatic N) is 1. The maximum atomic E-state index is 12.6. The van der Waals surface area contributed by atoms with Gasteiger partial charge in [-0.3, -0.25) is 9.59 Å². The molecule has 0 aromatic carbocycles. The summed E-state index contributed by atoms with van der Waals surface area (Å²) in [6, 6.07) is 2.44. The quantitative estimate of drug-likeness (QED) is 0.913. The monoisotopic (exact) mass is 334 g/mol. The predicted octanol–water partition coefficient (Wildman–Crippen LogP) is 1.60. The average molecular weight is 334 g/mol. The normalized spacial score (nSPS) is 24.2. The van der Waals surface area contributed by atoms with Crippen LogP contribution in [0.15, 0.2) is 6.07 Å². The van der Waals surface area contributed by atoms with Gasteiger partial charge in [0, 0.05) is 29.9 Å². The highest BCUT2D eigenvalue weighted by Gasteiger charge is 2.31. The van der Waals surface area contributed by atoms with Crippen LogP contribution in [-0.4, -0.2) is 49.1 Å². The van der Waals surface area contributed by atoms with Crippen LogP contribution in [0.25, 0.3) is 0 Å². The SMILES string of the molecule is O=C(NC1CC1)[C@H]1CCc2sc(C(=O)N3CCOCC3)cc2C1. The summed E-state index contributed by atoms with van der Waals surface area (Å²) >= 11 is 1.61. The number of thiophene rings is 1. The summed E-state index contributed by atoms with van der Waals surface area (Å²) in [6.07, 6.45) is 4.85. The first-order valence-corrected chi connectivity index (χ1v) is 9.31. The van der Waals surface area contributed by atoms with Crippen LogP contribution in [0, 0.1) is 5.92 Å². The Morgan fingerprint density at radius 1 is 1.22 bits per heavy atom. The van der Waals surface area contributed by atoms with Gasteiger partial charge >= 0.3 is 0 Å². The summed E-state index contributed by atoms with van der Waals surface area (Å²) in [7, 11) is 0. The zero-order valence-corrected chi connectivity index (χ0v) is 14.0. The molecule has 1 saturated heterocycles. The second-order valence-electron chi connectivity index (χ2n) is 6.69. The van der Waals surface area contributed by atoms with Gasteiger partial charge in [-0.15, -0.1) is 11.3 Å². The van der Waals surface area contributed by atoms with Crippen molar-refractivity contribution in [1.82, 2.24) is 10.2 Å². The molecule has 0 unspecified atom stereocenters. The molecule has 6 heteroatoms. The Hall–Kier alpha value is -1.40. The van der Waals surface area contributed by atoms with Gasteiger partial charge in [-0.25, -0.2) is 0 Å². The third kappa shape index (κ3) is 3.28. The predicted molar refractivity (Wildman–Crippen MR) is 87.7 cm³/mol. The van der Waals surface area contributed by atoms with E-state index in [2.05, 4.69) is 5.32 Å². The maximum absolute atomic E-state index is 12.6. The molecule has 4 rings (SSSR count). The second kappa shape index (κ2) is 6.24. The molecule has 1 atom stereocenters. The Bertz CT molecular complexity index is 617. The van der Waals surface area contributed by atoms with Crippen molar-refractivity contribution in [2.24, 2.45) is 5.92 Å². The number of nitrogens with one attached hydrogen (secondary N) is 1. The number of hydrogen-bond donors (Lipinski definition) is 1. The number of fused-ring (bicyclic) bond motifs is 1. The standard InChI is InChI=1S/C17H22N2O3S/c20-16(18-13-2-3-13)11-1-4-14-12(9-11)10-15(23-14)17(21)19-5-7-22-8-6-19/h10-11,13H,1-9H2,(H,18,20)/t11-/m0/s1. The number of aryl methyl sites for hydroxylation is 1. The molecule has 1 saturated carbocycles. The molecule has 0 radical (unpaired) electrons. The van der Waals surface area contributed by atoms with Crippen LogP contribution in [0.2, 0.25) is 0 Å². The lowest BCUT2D eigenvalue weighted by Gasteiger charge is -2.26. The Morgan fingerprint density at radius 2 is 2.00 bits per heavy atom. The van der Waals surface area contributed by atoms with Gasteiger partial charge in [0.25, 0.3) is 5.91 Å². The lowest BCUT2D eigenvalue weighted by atomic mass is 9.87. The molecule has 23 heavy (non-hydrogen) atoms. The lowest BCUT2D eigenvalue weighted by molar-refractivity contribution is -0.125. The fraction of sp³-hybridized carbons (Fsp3) is 0.647. The largest absolute Gasteiger partial charge is 0.378 e. The van der Waals surface area contributed by atoms with E-state index in [-0.39, 0.29) is 17.7 Å². The van der Waals surface area contributed by atoms with Crippen LogP contribution in [0.4, 0.5) is 0 Å². The number of amides is 2. The summed E-state index contributed by atoms with van der Waals surface area (Å²) in [5, 5.41) is 3.11. The third-order valence-corrected chi connectivity index (χ3v) is 6.11. The molecule has 124 valence electrons. The van der Waals surface area contributed by atoms with E-state index in [1.807, 2.05) is 11.0 Å². The van der Waals surface area contributed by atoms with Crippen LogP contribution >= 0.6 is 11.3 Å². The van der Waals surface area contributed by atoms with Gasteiger partial charge in [0.2, 0.25) is 5.91 Å². The highest BCUT2D eigenvalue weighted by Crippen LogP contribution is 2.33. The topological polar surface area (TPSA) is 58.6 Å². The van der Waals surface area contributed by atoms with E-state index in [0.717, 1.165) is 37.0 Å². The van der Waals surface area contributed by atoms with Crippen molar-refractivity contribution in [3.63, 3.8) is 0 Å². The minimum Gasteiger partial charge on any atom is -0.378 e. The summed E-state index contributed by atoms with van der Waals surface area (Å²) in [4.78, 5) is 28.8.